The standard InChI is InChI=1S/C14H18N2O4/c1-8-5-6-11(9(2)17)12(7-8)20-10(3)13(18)16-14(19)15-4/h5-7,10H,1-4H3,(H2,15,16,18,19). The van der Waals surface area contributed by atoms with Gasteiger partial charge in [0.25, 0.3) is 5.91 Å². The molecule has 1 aromatic rings. The molecule has 0 bridgehead atoms. The van der Waals surface area contributed by atoms with Gasteiger partial charge in [0, 0.05) is 7.05 Å². The number of carbonyl (C=O) groups excluding carboxylic acids is 3. The lowest BCUT2D eigenvalue weighted by molar-refractivity contribution is -0.126. The molecule has 0 radical (unpaired) electrons. The van der Waals surface area contributed by atoms with E-state index in [9.17, 15) is 14.4 Å². The number of ketones is 1. The Morgan fingerprint density at radius 2 is 1.90 bits per heavy atom. The summed E-state index contributed by atoms with van der Waals surface area (Å²) < 4.78 is 5.48. The summed E-state index contributed by atoms with van der Waals surface area (Å²) in [5.41, 5.74) is 1.30. The van der Waals surface area contributed by atoms with Crippen molar-refractivity contribution >= 4 is 17.7 Å². The van der Waals surface area contributed by atoms with Crippen LogP contribution in [0.2, 0.25) is 0 Å². The summed E-state index contributed by atoms with van der Waals surface area (Å²) in [7, 11) is 1.41. The van der Waals surface area contributed by atoms with Gasteiger partial charge in [-0.15, -0.1) is 0 Å². The first kappa shape index (κ1) is 15.7. The first-order valence-corrected chi connectivity index (χ1v) is 6.16. The zero-order valence-electron chi connectivity index (χ0n) is 11.9. The number of carbonyl (C=O) groups is 3. The van der Waals surface area contributed by atoms with E-state index >= 15 is 0 Å². The second-order valence-electron chi connectivity index (χ2n) is 4.38. The molecule has 0 spiro atoms. The molecule has 0 aliphatic carbocycles. The van der Waals surface area contributed by atoms with Gasteiger partial charge in [-0.25, -0.2) is 4.79 Å². The maximum absolute atomic E-state index is 11.7. The Morgan fingerprint density at radius 1 is 1.25 bits per heavy atom. The minimum absolute atomic E-state index is 0.154. The molecule has 0 saturated heterocycles. The van der Waals surface area contributed by atoms with Gasteiger partial charge in [0.2, 0.25) is 0 Å². The largest absolute Gasteiger partial charge is 0.480 e. The Balaban J connectivity index is 2.87. The van der Waals surface area contributed by atoms with Gasteiger partial charge in [-0.2, -0.15) is 0 Å². The number of imide groups is 1. The summed E-state index contributed by atoms with van der Waals surface area (Å²) in [5.74, 6) is -0.406. The summed E-state index contributed by atoms with van der Waals surface area (Å²) in [5, 5.41) is 4.39. The predicted octanol–water partition coefficient (Wildman–Crippen LogP) is 1.42. The van der Waals surface area contributed by atoms with Crippen LogP contribution in [-0.2, 0) is 4.79 Å². The maximum atomic E-state index is 11.7. The highest BCUT2D eigenvalue weighted by Crippen LogP contribution is 2.22. The average molecular weight is 278 g/mol. The van der Waals surface area contributed by atoms with Gasteiger partial charge in [0.1, 0.15) is 5.75 Å². The summed E-state index contributed by atoms with van der Waals surface area (Å²) in [6.07, 6.45) is -0.896. The molecule has 0 aliphatic heterocycles. The SMILES string of the molecule is CNC(=O)NC(=O)C(C)Oc1cc(C)ccc1C(C)=O. The van der Waals surface area contributed by atoms with Gasteiger partial charge in [-0.3, -0.25) is 14.9 Å². The van der Waals surface area contributed by atoms with Gasteiger partial charge in [0.05, 0.1) is 5.56 Å². The second kappa shape index (κ2) is 6.70. The molecule has 2 N–H and O–H groups in total. The minimum Gasteiger partial charge on any atom is -0.480 e. The Labute approximate surface area is 117 Å². The molecule has 0 heterocycles. The summed E-state index contributed by atoms with van der Waals surface area (Å²) in [6, 6.07) is 4.51. The van der Waals surface area contributed by atoms with Crippen molar-refractivity contribution in [3.8, 4) is 5.75 Å². The van der Waals surface area contributed by atoms with Gasteiger partial charge in [-0.05, 0) is 38.5 Å². The van der Waals surface area contributed by atoms with Crippen LogP contribution in [-0.4, -0.2) is 30.9 Å². The molecular weight excluding hydrogens is 260 g/mol. The van der Waals surface area contributed by atoms with Crippen LogP contribution >= 0.6 is 0 Å². The number of aryl methyl sites for hydroxylation is 1. The van der Waals surface area contributed by atoms with Crippen molar-refractivity contribution in [3.63, 3.8) is 0 Å². The van der Waals surface area contributed by atoms with Gasteiger partial charge < -0.3 is 10.1 Å². The van der Waals surface area contributed by atoms with Crippen molar-refractivity contribution in [3.05, 3.63) is 29.3 Å². The van der Waals surface area contributed by atoms with Crippen molar-refractivity contribution in [1.29, 1.82) is 0 Å². The first-order valence-electron chi connectivity index (χ1n) is 6.16. The van der Waals surface area contributed by atoms with E-state index in [0.717, 1.165) is 5.56 Å². The number of rotatable bonds is 4. The molecule has 20 heavy (non-hydrogen) atoms. The molecule has 1 aromatic carbocycles. The Hall–Kier alpha value is -2.37. The van der Waals surface area contributed by atoms with E-state index in [2.05, 4.69) is 10.6 Å². The molecule has 3 amide bonds. The van der Waals surface area contributed by atoms with Crippen LogP contribution in [0.3, 0.4) is 0 Å². The van der Waals surface area contributed by atoms with E-state index in [1.807, 2.05) is 6.92 Å². The number of hydrogen-bond acceptors (Lipinski definition) is 4. The third-order valence-corrected chi connectivity index (χ3v) is 2.65. The summed E-state index contributed by atoms with van der Waals surface area (Å²) >= 11 is 0. The summed E-state index contributed by atoms with van der Waals surface area (Å²) in [6.45, 7) is 4.78. The zero-order chi connectivity index (χ0) is 15.3. The smallest absolute Gasteiger partial charge is 0.321 e. The molecule has 108 valence electrons. The molecule has 0 aliphatic rings. The number of urea groups is 1. The van der Waals surface area contributed by atoms with E-state index in [-0.39, 0.29) is 5.78 Å². The number of nitrogens with one attached hydrogen (secondary N) is 2. The third kappa shape index (κ3) is 4.08. The van der Waals surface area contributed by atoms with E-state index in [0.29, 0.717) is 11.3 Å². The fourth-order valence-electron chi connectivity index (χ4n) is 1.54. The zero-order valence-corrected chi connectivity index (χ0v) is 11.9. The minimum atomic E-state index is -0.896. The van der Waals surface area contributed by atoms with Crippen LogP contribution in [0.25, 0.3) is 0 Å². The fourth-order valence-corrected chi connectivity index (χ4v) is 1.54. The molecule has 0 aromatic heterocycles. The number of hydrogen-bond donors (Lipinski definition) is 2. The Bertz CT molecular complexity index is 540. The number of benzene rings is 1. The molecule has 1 rings (SSSR count). The van der Waals surface area contributed by atoms with Crippen molar-refractivity contribution in [2.45, 2.75) is 26.9 Å². The molecule has 1 unspecified atom stereocenters. The van der Waals surface area contributed by atoms with Crippen LogP contribution in [0.4, 0.5) is 4.79 Å². The highest BCUT2D eigenvalue weighted by Gasteiger charge is 2.19. The Morgan fingerprint density at radius 3 is 2.45 bits per heavy atom. The molecule has 0 fully saturated rings. The van der Waals surface area contributed by atoms with Crippen molar-refractivity contribution in [1.82, 2.24) is 10.6 Å². The van der Waals surface area contributed by atoms with Crippen LogP contribution in [0, 0.1) is 6.92 Å². The maximum Gasteiger partial charge on any atom is 0.321 e. The lowest BCUT2D eigenvalue weighted by Crippen LogP contribution is -2.44. The van der Waals surface area contributed by atoms with Gasteiger partial charge in [-0.1, -0.05) is 6.07 Å². The first-order chi connectivity index (χ1) is 9.35. The van der Waals surface area contributed by atoms with Crippen LogP contribution < -0.4 is 15.4 Å². The van der Waals surface area contributed by atoms with E-state index in [1.54, 1.807) is 18.2 Å². The second-order valence-corrected chi connectivity index (χ2v) is 4.38. The van der Waals surface area contributed by atoms with Crippen molar-refractivity contribution < 1.29 is 19.1 Å². The predicted molar refractivity (Wildman–Crippen MR) is 73.9 cm³/mol. The Kier molecular flexibility index (Phi) is 5.25. The monoisotopic (exact) mass is 278 g/mol. The lowest BCUT2D eigenvalue weighted by atomic mass is 10.1. The normalized spacial score (nSPS) is 11.4. The topological polar surface area (TPSA) is 84.5 Å². The highest BCUT2D eigenvalue weighted by atomic mass is 16.5. The van der Waals surface area contributed by atoms with Crippen LogP contribution in [0.1, 0.15) is 29.8 Å². The molecule has 6 heteroatoms. The summed E-state index contributed by atoms with van der Waals surface area (Å²) in [4.78, 5) is 34.3. The molecule has 1 atom stereocenters. The van der Waals surface area contributed by atoms with Crippen molar-refractivity contribution in [2.75, 3.05) is 7.05 Å². The average Bonchev–Trinajstić information content (AvgIpc) is 2.38. The molecular formula is C14H18N2O4. The van der Waals surface area contributed by atoms with E-state index < -0.39 is 18.0 Å². The fraction of sp³-hybridized carbons (Fsp3) is 0.357. The third-order valence-electron chi connectivity index (χ3n) is 2.65. The molecule has 0 saturated carbocycles. The number of Topliss-reactive ketones (excluding diaryl/α,β-unsaturated/α-hetero) is 1. The number of amides is 3. The molecule has 6 nitrogen and oxygen atoms in total. The van der Waals surface area contributed by atoms with Gasteiger partial charge in [0.15, 0.2) is 11.9 Å². The van der Waals surface area contributed by atoms with E-state index in [1.165, 1.54) is 20.9 Å². The van der Waals surface area contributed by atoms with Crippen LogP contribution in [0.5, 0.6) is 5.75 Å². The number of ether oxygens (including phenoxy) is 1. The lowest BCUT2D eigenvalue weighted by Gasteiger charge is -2.16. The van der Waals surface area contributed by atoms with Crippen molar-refractivity contribution in [2.24, 2.45) is 0 Å². The highest BCUT2D eigenvalue weighted by molar-refractivity contribution is 5.98. The van der Waals surface area contributed by atoms with Gasteiger partial charge >= 0.3 is 6.03 Å². The van der Waals surface area contributed by atoms with E-state index in [4.69, 9.17) is 4.74 Å². The quantitative estimate of drug-likeness (QED) is 0.816. The van der Waals surface area contributed by atoms with Crippen LogP contribution in [0.15, 0.2) is 18.2 Å².